The van der Waals surface area contributed by atoms with Crippen molar-refractivity contribution in [1.82, 2.24) is 10.2 Å². The zero-order chi connectivity index (χ0) is 22.3. The second-order valence-corrected chi connectivity index (χ2v) is 8.62. The van der Waals surface area contributed by atoms with Crippen LogP contribution in [0.3, 0.4) is 0 Å². The molecule has 2 aromatic carbocycles. The number of halogens is 1. The Kier molecular flexibility index (Phi) is 8.80. The standard InChI is InChI=1S/C22H26BrN3O3S/c1-14(2)11-12-29-19-10-7-16(13-18(19)23)20(27)25-22(30)24-17-8-5-15(6-9-17)21(28)26(3)4/h5-10,13-14H,11-12H2,1-4H3,(H2,24,25,27,30). The van der Waals surface area contributed by atoms with Gasteiger partial charge in [0, 0.05) is 30.9 Å². The molecule has 0 heterocycles. The molecule has 2 N–H and O–H groups in total. The van der Waals surface area contributed by atoms with E-state index in [1.54, 1.807) is 56.6 Å². The van der Waals surface area contributed by atoms with E-state index in [4.69, 9.17) is 17.0 Å². The lowest BCUT2D eigenvalue weighted by molar-refractivity contribution is 0.0827. The fourth-order valence-corrected chi connectivity index (χ4v) is 3.16. The Balaban J connectivity index is 1.93. The number of benzene rings is 2. The summed E-state index contributed by atoms with van der Waals surface area (Å²) in [6.07, 6.45) is 0.957. The molecule has 0 bridgehead atoms. The average molecular weight is 492 g/mol. The van der Waals surface area contributed by atoms with Crippen LogP contribution in [0.1, 0.15) is 41.0 Å². The van der Waals surface area contributed by atoms with E-state index in [2.05, 4.69) is 40.4 Å². The summed E-state index contributed by atoms with van der Waals surface area (Å²) in [6, 6.07) is 12.0. The third-order valence-corrected chi connectivity index (χ3v) is 4.99. The summed E-state index contributed by atoms with van der Waals surface area (Å²) in [5, 5.41) is 5.76. The summed E-state index contributed by atoms with van der Waals surface area (Å²) >= 11 is 8.67. The van der Waals surface area contributed by atoms with E-state index in [0.29, 0.717) is 39.6 Å². The minimum Gasteiger partial charge on any atom is -0.492 e. The van der Waals surface area contributed by atoms with Gasteiger partial charge in [0.05, 0.1) is 11.1 Å². The maximum Gasteiger partial charge on any atom is 0.257 e. The van der Waals surface area contributed by atoms with Crippen molar-refractivity contribution in [3.63, 3.8) is 0 Å². The van der Waals surface area contributed by atoms with E-state index >= 15 is 0 Å². The van der Waals surface area contributed by atoms with E-state index < -0.39 is 0 Å². The first kappa shape index (κ1) is 23.8. The lowest BCUT2D eigenvalue weighted by Crippen LogP contribution is -2.34. The summed E-state index contributed by atoms with van der Waals surface area (Å²) in [5.41, 5.74) is 1.70. The van der Waals surface area contributed by atoms with E-state index in [1.165, 1.54) is 4.90 Å². The van der Waals surface area contributed by atoms with Crippen LogP contribution < -0.4 is 15.4 Å². The molecule has 160 valence electrons. The molecule has 0 radical (unpaired) electrons. The van der Waals surface area contributed by atoms with Gasteiger partial charge in [0.2, 0.25) is 0 Å². The number of hydrogen-bond acceptors (Lipinski definition) is 4. The highest BCUT2D eigenvalue weighted by Crippen LogP contribution is 2.26. The van der Waals surface area contributed by atoms with Gasteiger partial charge >= 0.3 is 0 Å². The quantitative estimate of drug-likeness (QED) is 0.549. The first-order valence-corrected chi connectivity index (χ1v) is 10.7. The number of nitrogens with zero attached hydrogens (tertiary/aromatic N) is 1. The molecule has 2 rings (SSSR count). The van der Waals surface area contributed by atoms with Gasteiger partial charge in [-0.2, -0.15) is 0 Å². The summed E-state index contributed by atoms with van der Waals surface area (Å²) in [5.74, 6) is 0.841. The van der Waals surface area contributed by atoms with Crippen LogP contribution in [0.5, 0.6) is 5.75 Å². The number of carbonyl (C=O) groups excluding carboxylic acids is 2. The van der Waals surface area contributed by atoms with E-state index in [-0.39, 0.29) is 16.9 Å². The van der Waals surface area contributed by atoms with Crippen molar-refractivity contribution < 1.29 is 14.3 Å². The smallest absolute Gasteiger partial charge is 0.257 e. The molecule has 8 heteroatoms. The summed E-state index contributed by atoms with van der Waals surface area (Å²) in [6.45, 7) is 4.90. The molecule has 2 amide bonds. The van der Waals surface area contributed by atoms with Gasteiger partial charge in [0.25, 0.3) is 11.8 Å². The predicted molar refractivity (Wildman–Crippen MR) is 127 cm³/mol. The molecule has 0 spiro atoms. The zero-order valence-corrected chi connectivity index (χ0v) is 19.9. The number of rotatable bonds is 7. The molecule has 30 heavy (non-hydrogen) atoms. The Bertz CT molecular complexity index is 914. The van der Waals surface area contributed by atoms with Gasteiger partial charge in [-0.05, 0) is 83.0 Å². The molecule has 0 saturated heterocycles. The van der Waals surface area contributed by atoms with Gasteiger partial charge in [0.15, 0.2) is 5.11 Å². The highest BCUT2D eigenvalue weighted by Gasteiger charge is 2.12. The number of thiocarbonyl (C=S) groups is 1. The van der Waals surface area contributed by atoms with Gasteiger partial charge < -0.3 is 15.0 Å². The number of nitrogens with one attached hydrogen (secondary N) is 2. The summed E-state index contributed by atoms with van der Waals surface area (Å²) in [4.78, 5) is 25.9. The predicted octanol–water partition coefficient (Wildman–Crippen LogP) is 4.70. The highest BCUT2D eigenvalue weighted by molar-refractivity contribution is 9.10. The van der Waals surface area contributed by atoms with Crippen molar-refractivity contribution in [2.75, 3.05) is 26.0 Å². The Morgan fingerprint density at radius 1 is 1.10 bits per heavy atom. The Morgan fingerprint density at radius 2 is 1.73 bits per heavy atom. The first-order chi connectivity index (χ1) is 14.2. The van der Waals surface area contributed by atoms with Gasteiger partial charge in [0.1, 0.15) is 5.75 Å². The van der Waals surface area contributed by atoms with Crippen LogP contribution in [-0.2, 0) is 0 Å². The van der Waals surface area contributed by atoms with Gasteiger partial charge in [-0.3, -0.25) is 14.9 Å². The largest absolute Gasteiger partial charge is 0.492 e. The molecule has 2 aromatic rings. The third-order valence-electron chi connectivity index (χ3n) is 4.17. The lowest BCUT2D eigenvalue weighted by Gasteiger charge is -2.13. The normalized spacial score (nSPS) is 10.5. The van der Waals surface area contributed by atoms with Crippen molar-refractivity contribution in [1.29, 1.82) is 0 Å². The van der Waals surface area contributed by atoms with Gasteiger partial charge in [-0.15, -0.1) is 0 Å². The number of hydrogen-bond donors (Lipinski definition) is 2. The van der Waals surface area contributed by atoms with Crippen molar-refractivity contribution in [2.24, 2.45) is 5.92 Å². The maximum absolute atomic E-state index is 12.5. The number of ether oxygens (including phenoxy) is 1. The Hall–Kier alpha value is -2.45. The average Bonchev–Trinajstić information content (AvgIpc) is 2.68. The second kappa shape index (κ2) is 11.1. The fourth-order valence-electron chi connectivity index (χ4n) is 2.46. The minimum atomic E-state index is -0.332. The molecule has 0 unspecified atom stereocenters. The summed E-state index contributed by atoms with van der Waals surface area (Å²) in [7, 11) is 3.39. The van der Waals surface area contributed by atoms with Crippen LogP contribution in [-0.4, -0.2) is 42.5 Å². The SMILES string of the molecule is CC(C)CCOc1ccc(C(=O)NC(=S)Nc2ccc(C(=O)N(C)C)cc2)cc1Br. The number of anilines is 1. The third kappa shape index (κ3) is 7.11. The van der Waals surface area contributed by atoms with Crippen molar-refractivity contribution in [2.45, 2.75) is 20.3 Å². The Labute approximate surface area is 191 Å². The van der Waals surface area contributed by atoms with Crippen LogP contribution in [0.25, 0.3) is 0 Å². The zero-order valence-electron chi connectivity index (χ0n) is 17.5. The Morgan fingerprint density at radius 3 is 2.30 bits per heavy atom. The van der Waals surface area contributed by atoms with Crippen molar-refractivity contribution >= 4 is 50.8 Å². The first-order valence-electron chi connectivity index (χ1n) is 9.53. The molecule has 0 aliphatic carbocycles. The second-order valence-electron chi connectivity index (χ2n) is 7.36. The molecular formula is C22H26BrN3O3S. The molecule has 0 atom stereocenters. The van der Waals surface area contributed by atoms with Crippen molar-refractivity contribution in [3.8, 4) is 5.75 Å². The topological polar surface area (TPSA) is 70.7 Å². The molecule has 0 saturated carbocycles. The van der Waals surface area contributed by atoms with Crippen LogP contribution >= 0.6 is 28.1 Å². The minimum absolute atomic E-state index is 0.0837. The molecule has 0 fully saturated rings. The number of carbonyl (C=O) groups is 2. The highest BCUT2D eigenvalue weighted by atomic mass is 79.9. The maximum atomic E-state index is 12.5. The van der Waals surface area contributed by atoms with E-state index in [0.717, 1.165) is 6.42 Å². The fraction of sp³-hybridized carbons (Fsp3) is 0.318. The van der Waals surface area contributed by atoms with Crippen molar-refractivity contribution in [3.05, 3.63) is 58.1 Å². The monoisotopic (exact) mass is 491 g/mol. The van der Waals surface area contributed by atoms with E-state index in [9.17, 15) is 9.59 Å². The van der Waals surface area contributed by atoms with Crippen LogP contribution in [0.15, 0.2) is 46.9 Å². The van der Waals surface area contributed by atoms with Crippen LogP contribution in [0.4, 0.5) is 5.69 Å². The molecule has 0 aliphatic heterocycles. The molecular weight excluding hydrogens is 466 g/mol. The van der Waals surface area contributed by atoms with Crippen LogP contribution in [0.2, 0.25) is 0 Å². The molecule has 0 aromatic heterocycles. The summed E-state index contributed by atoms with van der Waals surface area (Å²) < 4.78 is 6.45. The lowest BCUT2D eigenvalue weighted by atomic mass is 10.1. The van der Waals surface area contributed by atoms with Gasteiger partial charge in [-0.1, -0.05) is 13.8 Å². The van der Waals surface area contributed by atoms with Crippen LogP contribution in [0, 0.1) is 5.92 Å². The molecule has 6 nitrogen and oxygen atoms in total. The number of amides is 2. The molecule has 0 aliphatic rings. The van der Waals surface area contributed by atoms with E-state index in [1.807, 2.05) is 0 Å². The van der Waals surface area contributed by atoms with Gasteiger partial charge in [-0.25, -0.2) is 0 Å².